The number of aromatic nitrogens is 2. The molecule has 0 saturated heterocycles. The van der Waals surface area contributed by atoms with Crippen molar-refractivity contribution in [3.8, 4) is 6.07 Å². The molecule has 0 bridgehead atoms. The third kappa shape index (κ3) is 3.10. The number of H-pyrrole nitrogens is 1. The second-order valence-electron chi connectivity index (χ2n) is 4.30. The highest BCUT2D eigenvalue weighted by Gasteiger charge is 2.07. The Morgan fingerprint density at radius 2 is 1.95 bits per heavy atom. The van der Waals surface area contributed by atoms with E-state index in [0.717, 1.165) is 16.6 Å². The zero-order valence-electron chi connectivity index (χ0n) is 10.9. The van der Waals surface area contributed by atoms with Crippen molar-refractivity contribution in [1.29, 1.82) is 5.26 Å². The molecule has 0 aliphatic rings. The number of hydrogen-bond acceptors (Lipinski definition) is 3. The van der Waals surface area contributed by atoms with Gasteiger partial charge < -0.3 is 4.98 Å². The zero-order chi connectivity index (χ0) is 14.7. The maximum atomic E-state index is 9.29. The van der Waals surface area contributed by atoms with Crippen molar-refractivity contribution in [2.24, 2.45) is 0 Å². The summed E-state index contributed by atoms with van der Waals surface area (Å²) in [7, 11) is 0. The van der Waals surface area contributed by atoms with Crippen LogP contribution >= 0.6 is 23.4 Å². The van der Waals surface area contributed by atoms with E-state index >= 15 is 0 Å². The number of rotatable bonds is 3. The molecule has 2 aromatic carbocycles. The molecule has 0 fully saturated rings. The van der Waals surface area contributed by atoms with Crippen LogP contribution in [0.1, 0.15) is 5.56 Å². The summed E-state index contributed by atoms with van der Waals surface area (Å²) in [6, 6.07) is 17.4. The van der Waals surface area contributed by atoms with E-state index in [1.807, 2.05) is 42.5 Å². The van der Waals surface area contributed by atoms with Gasteiger partial charge in [-0.3, -0.25) is 0 Å². The van der Waals surface area contributed by atoms with Gasteiger partial charge in [0.25, 0.3) is 0 Å². The summed E-state index contributed by atoms with van der Waals surface area (Å²) >= 11 is 7.40. The van der Waals surface area contributed by atoms with Crippen LogP contribution in [0.15, 0.2) is 58.6 Å². The molecule has 0 radical (unpaired) electrons. The Hall–Kier alpha value is -2.22. The fourth-order valence-electron chi connectivity index (χ4n) is 1.90. The molecule has 0 aliphatic heterocycles. The third-order valence-electron chi connectivity index (χ3n) is 2.88. The number of thioether (sulfide) groups is 1. The van der Waals surface area contributed by atoms with Crippen molar-refractivity contribution in [3.63, 3.8) is 0 Å². The summed E-state index contributed by atoms with van der Waals surface area (Å²) in [5, 5.41) is 10.6. The minimum Gasteiger partial charge on any atom is -0.333 e. The molecule has 3 aromatic rings. The topological polar surface area (TPSA) is 52.5 Å². The first-order chi connectivity index (χ1) is 10.3. The van der Waals surface area contributed by atoms with E-state index in [2.05, 4.69) is 16.0 Å². The Balaban J connectivity index is 1.91. The number of nitrogens with one attached hydrogen (secondary N) is 1. The largest absolute Gasteiger partial charge is 0.333 e. The molecule has 0 amide bonds. The van der Waals surface area contributed by atoms with Gasteiger partial charge in [0.1, 0.15) is 6.07 Å². The lowest BCUT2D eigenvalue weighted by Gasteiger charge is -1.99. The highest BCUT2D eigenvalue weighted by molar-refractivity contribution is 8.03. The van der Waals surface area contributed by atoms with E-state index in [0.29, 0.717) is 15.1 Å². The molecule has 0 atom stereocenters. The lowest BCUT2D eigenvalue weighted by molar-refractivity contribution is 1.09. The fraction of sp³-hybridized carbons (Fsp3) is 0. The maximum Gasteiger partial charge on any atom is 0.171 e. The van der Waals surface area contributed by atoms with E-state index in [1.165, 1.54) is 11.8 Å². The first-order valence-electron chi connectivity index (χ1n) is 6.25. The van der Waals surface area contributed by atoms with Crippen molar-refractivity contribution >= 4 is 40.5 Å². The van der Waals surface area contributed by atoms with Crippen molar-refractivity contribution < 1.29 is 0 Å². The van der Waals surface area contributed by atoms with Gasteiger partial charge in [0.15, 0.2) is 5.16 Å². The molecule has 1 heterocycles. The monoisotopic (exact) mass is 311 g/mol. The van der Waals surface area contributed by atoms with E-state index in [9.17, 15) is 5.26 Å². The predicted octanol–water partition coefficient (Wildman–Crippen LogP) is 4.87. The molecule has 1 N–H and O–H groups in total. The van der Waals surface area contributed by atoms with Gasteiger partial charge >= 0.3 is 0 Å². The molecule has 5 heteroatoms. The van der Waals surface area contributed by atoms with E-state index in [4.69, 9.17) is 11.6 Å². The molecule has 0 spiro atoms. The van der Waals surface area contributed by atoms with Gasteiger partial charge in [-0.25, -0.2) is 4.98 Å². The van der Waals surface area contributed by atoms with Crippen LogP contribution in [0.2, 0.25) is 5.02 Å². The highest BCUT2D eigenvalue weighted by atomic mass is 35.5. The fourth-order valence-corrected chi connectivity index (χ4v) is 2.83. The van der Waals surface area contributed by atoms with E-state index in [1.54, 1.807) is 12.1 Å². The molecule has 1 aromatic heterocycles. The number of para-hydroxylation sites is 2. The van der Waals surface area contributed by atoms with Crippen molar-refractivity contribution in [3.05, 3.63) is 64.0 Å². The van der Waals surface area contributed by atoms with Gasteiger partial charge in [-0.15, -0.1) is 0 Å². The van der Waals surface area contributed by atoms with Gasteiger partial charge in [-0.1, -0.05) is 41.9 Å². The lowest BCUT2D eigenvalue weighted by atomic mass is 10.2. The molecule has 0 aliphatic carbocycles. The van der Waals surface area contributed by atoms with Crippen molar-refractivity contribution in [2.45, 2.75) is 5.16 Å². The lowest BCUT2D eigenvalue weighted by Crippen LogP contribution is -1.79. The highest BCUT2D eigenvalue weighted by Crippen LogP contribution is 2.28. The molecule has 102 valence electrons. The van der Waals surface area contributed by atoms with Gasteiger partial charge in [-0.2, -0.15) is 5.26 Å². The number of allylic oxidation sites excluding steroid dienone is 1. The summed E-state index contributed by atoms with van der Waals surface area (Å²) in [5.41, 5.74) is 2.66. The molecule has 3 nitrogen and oxygen atoms in total. The van der Waals surface area contributed by atoms with Gasteiger partial charge in [0, 0.05) is 5.02 Å². The normalized spacial score (nSPS) is 11.5. The number of benzene rings is 2. The van der Waals surface area contributed by atoms with E-state index < -0.39 is 0 Å². The van der Waals surface area contributed by atoms with E-state index in [-0.39, 0.29) is 0 Å². The van der Waals surface area contributed by atoms with Gasteiger partial charge in [-0.05, 0) is 41.6 Å². The Kier molecular flexibility index (Phi) is 3.96. The van der Waals surface area contributed by atoms with Crippen molar-refractivity contribution in [1.82, 2.24) is 9.97 Å². The second kappa shape index (κ2) is 6.04. The molecule has 0 saturated carbocycles. The van der Waals surface area contributed by atoms with Crippen LogP contribution in [0.3, 0.4) is 0 Å². The summed E-state index contributed by atoms with van der Waals surface area (Å²) in [5.74, 6) is 0. The van der Waals surface area contributed by atoms with Crippen molar-refractivity contribution in [2.75, 3.05) is 0 Å². The van der Waals surface area contributed by atoms with Crippen LogP contribution < -0.4 is 0 Å². The third-order valence-corrected chi connectivity index (χ3v) is 4.04. The number of fused-ring (bicyclic) bond motifs is 1. The van der Waals surface area contributed by atoms with Crippen LogP contribution in [0, 0.1) is 11.3 Å². The predicted molar refractivity (Wildman–Crippen MR) is 87.0 cm³/mol. The Morgan fingerprint density at radius 3 is 2.71 bits per heavy atom. The number of aromatic amines is 1. The van der Waals surface area contributed by atoms with Crippen LogP contribution in [0.4, 0.5) is 0 Å². The number of hydrogen-bond donors (Lipinski definition) is 1. The first-order valence-corrected chi connectivity index (χ1v) is 7.44. The van der Waals surface area contributed by atoms with Gasteiger partial charge in [0.05, 0.1) is 15.9 Å². The zero-order valence-corrected chi connectivity index (χ0v) is 12.4. The number of imidazole rings is 1. The second-order valence-corrected chi connectivity index (χ2v) is 5.74. The quantitative estimate of drug-likeness (QED) is 0.554. The first kappa shape index (κ1) is 13.7. The molecular weight excluding hydrogens is 302 g/mol. The number of nitrogens with zero attached hydrogens (tertiary/aromatic N) is 2. The molecule has 21 heavy (non-hydrogen) atoms. The molecule has 3 rings (SSSR count). The van der Waals surface area contributed by atoms with Crippen LogP contribution in [0.25, 0.3) is 17.1 Å². The van der Waals surface area contributed by atoms with Crippen LogP contribution in [-0.2, 0) is 0 Å². The smallest absolute Gasteiger partial charge is 0.171 e. The minimum absolute atomic E-state index is 0.530. The minimum atomic E-state index is 0.530. The standard InChI is InChI=1S/C16H10ClN3S/c17-13-6-2-1-5-11(13)9-12(10-18)21-16-19-14-7-3-4-8-15(14)20-16/h1-9H,(H,19,20)/b12-9+. The van der Waals surface area contributed by atoms with Crippen LogP contribution in [-0.4, -0.2) is 9.97 Å². The summed E-state index contributed by atoms with van der Waals surface area (Å²) < 4.78 is 0. The Bertz CT molecular complexity index is 828. The molecular formula is C16H10ClN3S. The maximum absolute atomic E-state index is 9.29. The van der Waals surface area contributed by atoms with Gasteiger partial charge in [0.2, 0.25) is 0 Å². The van der Waals surface area contributed by atoms with Crippen LogP contribution in [0.5, 0.6) is 0 Å². The SMILES string of the molecule is N#C/C(=C\c1ccccc1Cl)Sc1nc2ccccc2[nH]1. The number of halogens is 1. The Labute approximate surface area is 131 Å². The number of nitriles is 1. The summed E-state index contributed by atoms with van der Waals surface area (Å²) in [4.78, 5) is 8.16. The summed E-state index contributed by atoms with van der Waals surface area (Å²) in [6.45, 7) is 0. The average Bonchev–Trinajstić information content (AvgIpc) is 2.91. The molecule has 0 unspecified atom stereocenters. The Morgan fingerprint density at radius 1 is 1.19 bits per heavy atom. The summed E-state index contributed by atoms with van der Waals surface area (Å²) in [6.07, 6.45) is 1.76. The average molecular weight is 312 g/mol.